The van der Waals surface area contributed by atoms with Crippen LogP contribution >= 0.6 is 0 Å². The van der Waals surface area contributed by atoms with Crippen LogP contribution in [0.4, 0.5) is 0 Å². The molecule has 0 amide bonds. The molecule has 0 unspecified atom stereocenters. The smallest absolute Gasteiger partial charge is 0.310 e. The van der Waals surface area contributed by atoms with E-state index in [2.05, 4.69) is 14.7 Å². The fourth-order valence-electron chi connectivity index (χ4n) is 2.57. The Hall–Kier alpha value is -1.41. The highest BCUT2D eigenvalue weighted by Gasteiger charge is 2.39. The molecule has 0 aliphatic heterocycles. The van der Waals surface area contributed by atoms with E-state index in [0.717, 1.165) is 25.7 Å². The van der Waals surface area contributed by atoms with E-state index in [9.17, 15) is 18.3 Å². The van der Waals surface area contributed by atoms with Crippen LogP contribution in [0, 0.1) is 5.41 Å². The van der Waals surface area contributed by atoms with Crippen molar-refractivity contribution in [3.63, 3.8) is 0 Å². The Morgan fingerprint density at radius 1 is 1.35 bits per heavy atom. The Morgan fingerprint density at radius 3 is 2.50 bits per heavy atom. The van der Waals surface area contributed by atoms with Crippen molar-refractivity contribution in [3.05, 3.63) is 12.5 Å². The number of aromatic amines is 1. The fraction of sp³-hybridized carbons (Fsp3) is 0.667. The van der Waals surface area contributed by atoms with Gasteiger partial charge in [-0.25, -0.2) is 18.1 Å². The molecule has 7 nitrogen and oxygen atoms in total. The third kappa shape index (κ3) is 3.18. The van der Waals surface area contributed by atoms with Crippen molar-refractivity contribution in [2.75, 3.05) is 6.54 Å². The van der Waals surface area contributed by atoms with Crippen LogP contribution in [0.5, 0.6) is 0 Å². The topological polar surface area (TPSA) is 112 Å². The molecule has 112 valence electrons. The Morgan fingerprint density at radius 2 is 2.00 bits per heavy atom. The van der Waals surface area contributed by atoms with Gasteiger partial charge in [-0.1, -0.05) is 25.7 Å². The van der Waals surface area contributed by atoms with Crippen molar-refractivity contribution in [3.8, 4) is 0 Å². The molecule has 2 rings (SSSR count). The SMILES string of the molecule is O=C(O)C1(CNS(=O)(=O)c2cnc[nH]2)CCCCCC1. The second-order valence-corrected chi connectivity index (χ2v) is 6.98. The first-order chi connectivity index (χ1) is 9.46. The van der Waals surface area contributed by atoms with E-state index in [1.54, 1.807) is 0 Å². The summed E-state index contributed by atoms with van der Waals surface area (Å²) in [7, 11) is -3.73. The third-order valence-corrected chi connectivity index (χ3v) is 5.20. The largest absolute Gasteiger partial charge is 0.481 e. The number of nitrogens with zero attached hydrogens (tertiary/aromatic N) is 1. The molecule has 0 atom stereocenters. The standard InChI is InChI=1S/C12H19N3O4S/c16-11(17)12(5-3-1-2-4-6-12)8-15-20(18,19)10-7-13-9-14-10/h7,9,15H,1-6,8H2,(H,13,14)(H,16,17). The molecule has 3 N–H and O–H groups in total. The van der Waals surface area contributed by atoms with E-state index < -0.39 is 21.4 Å². The summed E-state index contributed by atoms with van der Waals surface area (Å²) in [6.07, 6.45) is 7.12. The molecule has 1 saturated carbocycles. The number of aromatic nitrogens is 2. The van der Waals surface area contributed by atoms with Gasteiger partial charge in [0.05, 0.1) is 17.9 Å². The highest BCUT2D eigenvalue weighted by molar-refractivity contribution is 7.89. The van der Waals surface area contributed by atoms with Gasteiger partial charge in [0.1, 0.15) is 0 Å². The van der Waals surface area contributed by atoms with Crippen LogP contribution in [0.1, 0.15) is 38.5 Å². The normalized spacial score (nSPS) is 19.4. The lowest BCUT2D eigenvalue weighted by atomic mass is 9.80. The molecule has 0 saturated heterocycles. The van der Waals surface area contributed by atoms with Gasteiger partial charge in [0.15, 0.2) is 5.03 Å². The molecule has 0 radical (unpaired) electrons. The van der Waals surface area contributed by atoms with Crippen molar-refractivity contribution in [1.29, 1.82) is 0 Å². The van der Waals surface area contributed by atoms with Crippen LogP contribution in [0.15, 0.2) is 17.6 Å². The summed E-state index contributed by atoms with van der Waals surface area (Å²) in [6.45, 7) is -0.0797. The Labute approximate surface area is 117 Å². The van der Waals surface area contributed by atoms with Crippen LogP contribution in [0.25, 0.3) is 0 Å². The number of sulfonamides is 1. The molecule has 0 aromatic carbocycles. The van der Waals surface area contributed by atoms with Crippen LogP contribution in [-0.2, 0) is 14.8 Å². The average molecular weight is 301 g/mol. The number of carboxylic acids is 1. The first-order valence-corrected chi connectivity index (χ1v) is 8.16. The summed E-state index contributed by atoms with van der Waals surface area (Å²) in [5, 5.41) is 9.44. The molecule has 8 heteroatoms. The van der Waals surface area contributed by atoms with Gasteiger partial charge in [0, 0.05) is 6.54 Å². The van der Waals surface area contributed by atoms with Gasteiger partial charge in [-0.2, -0.15) is 0 Å². The van der Waals surface area contributed by atoms with Crippen molar-refractivity contribution < 1.29 is 18.3 Å². The maximum atomic E-state index is 12.0. The zero-order valence-corrected chi connectivity index (χ0v) is 11.9. The zero-order chi connectivity index (χ0) is 14.6. The molecule has 1 heterocycles. The minimum Gasteiger partial charge on any atom is -0.481 e. The Balaban J connectivity index is 2.11. The summed E-state index contributed by atoms with van der Waals surface area (Å²) in [6, 6.07) is 0. The lowest BCUT2D eigenvalue weighted by molar-refractivity contribution is -0.149. The number of hydrogen-bond acceptors (Lipinski definition) is 4. The van der Waals surface area contributed by atoms with Gasteiger partial charge < -0.3 is 10.1 Å². The summed E-state index contributed by atoms with van der Waals surface area (Å²) in [5.74, 6) is -0.924. The van der Waals surface area contributed by atoms with Gasteiger partial charge in [-0.05, 0) is 12.8 Å². The van der Waals surface area contributed by atoms with Gasteiger partial charge in [0.25, 0.3) is 10.0 Å². The van der Waals surface area contributed by atoms with Crippen LogP contribution in [-0.4, -0.2) is 36.0 Å². The molecular formula is C12H19N3O4S. The van der Waals surface area contributed by atoms with E-state index in [4.69, 9.17) is 0 Å². The van der Waals surface area contributed by atoms with Gasteiger partial charge in [-0.3, -0.25) is 4.79 Å². The highest BCUT2D eigenvalue weighted by Crippen LogP contribution is 2.35. The predicted octanol–water partition coefficient (Wildman–Crippen LogP) is 1.11. The number of nitrogens with one attached hydrogen (secondary N) is 2. The number of rotatable bonds is 5. The summed E-state index contributed by atoms with van der Waals surface area (Å²) in [5.41, 5.74) is -0.996. The molecule has 1 aromatic heterocycles. The summed E-state index contributed by atoms with van der Waals surface area (Å²) >= 11 is 0. The average Bonchev–Trinajstić information content (AvgIpc) is 2.83. The lowest BCUT2D eigenvalue weighted by Crippen LogP contribution is -2.42. The quantitative estimate of drug-likeness (QED) is 0.705. The van der Waals surface area contributed by atoms with Crippen LogP contribution < -0.4 is 4.72 Å². The van der Waals surface area contributed by atoms with E-state index in [0.29, 0.717) is 12.8 Å². The number of imidazole rings is 1. The van der Waals surface area contributed by atoms with Crippen molar-refractivity contribution in [2.24, 2.45) is 5.41 Å². The first kappa shape index (κ1) is 15.0. The number of aliphatic carboxylic acids is 1. The monoisotopic (exact) mass is 301 g/mol. The zero-order valence-electron chi connectivity index (χ0n) is 11.1. The van der Waals surface area contributed by atoms with E-state index in [-0.39, 0.29) is 11.6 Å². The van der Waals surface area contributed by atoms with E-state index in [1.165, 1.54) is 12.5 Å². The molecule has 20 heavy (non-hydrogen) atoms. The number of H-pyrrole nitrogens is 1. The lowest BCUT2D eigenvalue weighted by Gasteiger charge is -2.27. The molecule has 1 aliphatic rings. The number of carbonyl (C=O) groups is 1. The van der Waals surface area contributed by atoms with E-state index >= 15 is 0 Å². The predicted molar refractivity (Wildman–Crippen MR) is 71.5 cm³/mol. The van der Waals surface area contributed by atoms with Crippen molar-refractivity contribution >= 4 is 16.0 Å². The van der Waals surface area contributed by atoms with Gasteiger partial charge in [0.2, 0.25) is 0 Å². The number of hydrogen-bond donors (Lipinski definition) is 3. The Bertz CT molecular complexity index is 545. The fourth-order valence-corrected chi connectivity index (χ4v) is 3.60. The maximum absolute atomic E-state index is 12.0. The molecule has 1 aromatic rings. The van der Waals surface area contributed by atoms with Crippen molar-refractivity contribution in [1.82, 2.24) is 14.7 Å². The van der Waals surface area contributed by atoms with E-state index in [1.807, 2.05) is 0 Å². The van der Waals surface area contributed by atoms with Crippen molar-refractivity contribution in [2.45, 2.75) is 43.6 Å². The van der Waals surface area contributed by atoms with Gasteiger partial charge in [-0.15, -0.1) is 0 Å². The summed E-state index contributed by atoms with van der Waals surface area (Å²) < 4.78 is 26.4. The Kier molecular flexibility index (Phi) is 4.44. The highest BCUT2D eigenvalue weighted by atomic mass is 32.2. The minimum absolute atomic E-state index is 0.0494. The maximum Gasteiger partial charge on any atom is 0.310 e. The van der Waals surface area contributed by atoms with Gasteiger partial charge >= 0.3 is 5.97 Å². The molecule has 1 aliphatic carbocycles. The second kappa shape index (κ2) is 5.92. The molecule has 0 bridgehead atoms. The molecule has 1 fully saturated rings. The third-order valence-electron chi connectivity index (χ3n) is 3.88. The number of carboxylic acid groups (broad SMARTS) is 1. The van der Waals surface area contributed by atoms with Crippen LogP contribution in [0.3, 0.4) is 0 Å². The first-order valence-electron chi connectivity index (χ1n) is 6.68. The molecule has 0 spiro atoms. The second-order valence-electron chi connectivity index (χ2n) is 5.24. The van der Waals surface area contributed by atoms with Crippen LogP contribution in [0.2, 0.25) is 0 Å². The minimum atomic E-state index is -3.73. The summed E-state index contributed by atoms with van der Waals surface area (Å²) in [4.78, 5) is 17.7. The molecular weight excluding hydrogens is 282 g/mol.